The highest BCUT2D eigenvalue weighted by atomic mass is 16.6. The van der Waals surface area contributed by atoms with Gasteiger partial charge in [0.05, 0.1) is 0 Å². The van der Waals surface area contributed by atoms with Gasteiger partial charge in [-0.05, 0) is 132 Å². The minimum absolute atomic E-state index is 0.0518. The summed E-state index contributed by atoms with van der Waals surface area (Å²) < 4.78 is 21.9. The lowest BCUT2D eigenvalue weighted by atomic mass is 9.79. The number of carbonyl (C=O) groups is 4. The van der Waals surface area contributed by atoms with Crippen LogP contribution in [0.25, 0.3) is 0 Å². The third kappa shape index (κ3) is 8.95. The van der Waals surface area contributed by atoms with Gasteiger partial charge in [0.25, 0.3) is 23.7 Å². The van der Waals surface area contributed by atoms with E-state index in [0.717, 1.165) is 51.9 Å². The van der Waals surface area contributed by atoms with Crippen molar-refractivity contribution in [3.8, 4) is 23.4 Å². The first-order valence-electron chi connectivity index (χ1n) is 19.1. The summed E-state index contributed by atoms with van der Waals surface area (Å²) in [4.78, 5) is 52.6. The second-order valence-electron chi connectivity index (χ2n) is 15.0. The highest BCUT2D eigenvalue weighted by Gasteiger charge is 2.41. The molecule has 6 aliphatic heterocycles. The second kappa shape index (κ2) is 16.5. The number of nitrogens with one attached hydrogen (secondary N) is 3. The van der Waals surface area contributed by atoms with Crippen molar-refractivity contribution in [2.75, 3.05) is 31.5 Å². The lowest BCUT2D eigenvalue weighted by molar-refractivity contribution is -0.114. The van der Waals surface area contributed by atoms with Crippen molar-refractivity contribution in [2.45, 2.75) is 77.5 Å². The maximum Gasteiger partial charge on any atom is 0.291 e. The molecular weight excluding hydrogens is 702 g/mol. The molecule has 2 aromatic carbocycles. The van der Waals surface area contributed by atoms with Crippen molar-refractivity contribution in [1.82, 2.24) is 20.4 Å². The summed E-state index contributed by atoms with van der Waals surface area (Å²) in [5, 5.41) is 9.00. The predicted molar refractivity (Wildman–Crippen MR) is 205 cm³/mol. The Hall–Kier alpha value is -5.40. The molecule has 6 aliphatic rings. The molecule has 2 aromatic heterocycles. The molecule has 0 spiro atoms. The monoisotopic (exact) mass is 751 g/mol. The molecule has 55 heavy (non-hydrogen) atoms. The van der Waals surface area contributed by atoms with Gasteiger partial charge in [-0.1, -0.05) is 0 Å². The van der Waals surface area contributed by atoms with Crippen molar-refractivity contribution in [1.29, 1.82) is 0 Å². The molecule has 3 amide bonds. The summed E-state index contributed by atoms with van der Waals surface area (Å²) in [6.07, 6.45) is 4.64. The van der Waals surface area contributed by atoms with Crippen LogP contribution in [0.1, 0.15) is 84.6 Å². The predicted octanol–water partition coefficient (Wildman–Crippen LogP) is 6.73. The maximum atomic E-state index is 12.7. The van der Waals surface area contributed by atoms with Crippen LogP contribution in [0.2, 0.25) is 0 Å². The number of fused-ring (bicyclic) bond motifs is 6. The number of Topliss-reactive ketones (excluding diaryl/α,β-unsaturated/α-hetero) is 1. The molecule has 13 nitrogen and oxygen atoms in total. The zero-order valence-corrected chi connectivity index (χ0v) is 31.7. The first-order chi connectivity index (χ1) is 26.5. The van der Waals surface area contributed by atoms with E-state index in [1.807, 2.05) is 0 Å². The number of hydrogen-bond donors (Lipinski definition) is 3. The second-order valence-corrected chi connectivity index (χ2v) is 15.0. The number of anilines is 1. The number of ether oxygens (including phenoxy) is 2. The molecule has 0 unspecified atom stereocenters. The molecule has 0 radical (unpaired) electrons. The van der Waals surface area contributed by atoms with E-state index in [9.17, 15) is 19.2 Å². The minimum Gasteiger partial charge on any atom is -0.426 e. The van der Waals surface area contributed by atoms with Gasteiger partial charge < -0.3 is 28.9 Å². The molecule has 13 heteroatoms. The number of hydrogen-bond acceptors (Lipinski definition) is 10. The van der Waals surface area contributed by atoms with Crippen molar-refractivity contribution >= 4 is 29.4 Å². The molecule has 0 aliphatic carbocycles. The highest BCUT2D eigenvalue weighted by molar-refractivity contribution is 5.95. The Balaban J connectivity index is 0.000000169. The molecular formula is C42H49N5O8. The fraction of sp³-hybridized carbons (Fsp3) is 0.429. The zero-order chi connectivity index (χ0) is 38.6. The van der Waals surface area contributed by atoms with E-state index >= 15 is 0 Å². The summed E-state index contributed by atoms with van der Waals surface area (Å²) >= 11 is 0. The highest BCUT2D eigenvalue weighted by Crippen LogP contribution is 2.34. The third-order valence-electron chi connectivity index (χ3n) is 11.4. The summed E-state index contributed by atoms with van der Waals surface area (Å²) in [5.41, 5.74) is 1.21. The van der Waals surface area contributed by atoms with Gasteiger partial charge in [-0.15, -0.1) is 0 Å². The fourth-order valence-electron chi connectivity index (χ4n) is 8.32. The number of amides is 3. The van der Waals surface area contributed by atoms with Crippen molar-refractivity contribution in [3.63, 3.8) is 0 Å². The molecule has 8 heterocycles. The van der Waals surface area contributed by atoms with Gasteiger partial charge in [-0.3, -0.25) is 34.3 Å². The molecule has 4 bridgehead atoms. The summed E-state index contributed by atoms with van der Waals surface area (Å²) in [6.45, 7) is 11.8. The largest absolute Gasteiger partial charge is 0.426 e. The Labute approximate surface area is 320 Å². The number of furan rings is 2. The minimum atomic E-state index is -0.214. The van der Waals surface area contributed by atoms with Crippen LogP contribution in [0.15, 0.2) is 81.6 Å². The van der Waals surface area contributed by atoms with Gasteiger partial charge in [-0.25, -0.2) is 0 Å². The molecule has 3 N–H and O–H groups in total. The number of benzene rings is 2. The molecule has 0 saturated carbocycles. The van der Waals surface area contributed by atoms with Crippen LogP contribution in [-0.2, 0) is 4.79 Å². The molecule has 10 rings (SSSR count). The van der Waals surface area contributed by atoms with Crippen molar-refractivity contribution in [2.24, 2.45) is 11.8 Å². The lowest BCUT2D eigenvalue weighted by Crippen LogP contribution is -2.62. The number of nitrogens with zero attached hydrogens (tertiary/aromatic N) is 2. The van der Waals surface area contributed by atoms with E-state index in [2.05, 4.69) is 39.6 Å². The van der Waals surface area contributed by atoms with E-state index in [1.54, 1.807) is 72.8 Å². The van der Waals surface area contributed by atoms with E-state index in [4.69, 9.17) is 18.3 Å². The van der Waals surface area contributed by atoms with Crippen LogP contribution < -0.4 is 25.4 Å². The molecule has 4 aromatic rings. The average molecular weight is 752 g/mol. The van der Waals surface area contributed by atoms with E-state index in [0.29, 0.717) is 52.4 Å². The van der Waals surface area contributed by atoms with E-state index in [-0.39, 0.29) is 53.2 Å². The first kappa shape index (κ1) is 37.9. The number of rotatable bonds is 10. The van der Waals surface area contributed by atoms with Gasteiger partial charge in [-0.2, -0.15) is 0 Å². The molecule has 290 valence electrons. The molecule has 6 saturated heterocycles. The summed E-state index contributed by atoms with van der Waals surface area (Å²) in [6, 6.07) is 21.5. The summed E-state index contributed by atoms with van der Waals surface area (Å²) in [5.74, 6) is 2.87. The van der Waals surface area contributed by atoms with Gasteiger partial charge in [0.15, 0.2) is 11.5 Å². The first-order valence-corrected chi connectivity index (χ1v) is 19.1. The Kier molecular flexibility index (Phi) is 11.4. The molecule has 6 fully saturated rings. The van der Waals surface area contributed by atoms with Crippen LogP contribution in [0.4, 0.5) is 5.88 Å². The maximum absolute atomic E-state index is 12.7. The van der Waals surface area contributed by atoms with Crippen LogP contribution in [0, 0.1) is 11.8 Å². The third-order valence-corrected chi connectivity index (χ3v) is 11.4. The van der Waals surface area contributed by atoms with Crippen LogP contribution in [0.3, 0.4) is 0 Å². The number of ketones is 1. The quantitative estimate of drug-likeness (QED) is 0.149. The Morgan fingerprint density at radius 2 is 1.04 bits per heavy atom. The zero-order valence-electron chi connectivity index (χ0n) is 31.7. The average Bonchev–Trinajstić information content (AvgIpc) is 3.85. The van der Waals surface area contributed by atoms with Gasteiger partial charge >= 0.3 is 0 Å². The van der Waals surface area contributed by atoms with Gasteiger partial charge in [0.2, 0.25) is 11.8 Å². The fourth-order valence-corrected chi connectivity index (χ4v) is 8.32. The Morgan fingerprint density at radius 3 is 1.44 bits per heavy atom. The smallest absolute Gasteiger partial charge is 0.291 e. The number of piperidine rings is 6. The van der Waals surface area contributed by atoms with Gasteiger partial charge in [0, 0.05) is 67.3 Å². The van der Waals surface area contributed by atoms with E-state index in [1.165, 1.54) is 13.8 Å². The van der Waals surface area contributed by atoms with Gasteiger partial charge in [0.1, 0.15) is 11.5 Å². The van der Waals surface area contributed by atoms with Crippen molar-refractivity contribution in [3.05, 3.63) is 89.7 Å². The Bertz CT molecular complexity index is 1970. The van der Waals surface area contributed by atoms with E-state index < -0.39 is 0 Å². The number of carbonyl (C=O) groups excluding carboxylic acids is 4. The SMILES string of the molecule is CC(=O)Nc1ccc(Oc2ccc(C(=O)N[C@@H]3C4CCN(CC4)[C@H]3C)cc2)o1.CC(=O)c1ccc(Oc2ccc(C(=O)N[C@@H]3C4CCN(CC4)[C@H]3C)cc2)o1. The normalized spacial score (nSPS) is 26.3. The molecule has 4 atom stereocenters. The Morgan fingerprint density at radius 1 is 0.600 bits per heavy atom. The topological polar surface area (TPSA) is 156 Å². The summed E-state index contributed by atoms with van der Waals surface area (Å²) in [7, 11) is 0. The van der Waals surface area contributed by atoms with Crippen LogP contribution >= 0.6 is 0 Å². The van der Waals surface area contributed by atoms with Crippen molar-refractivity contribution < 1.29 is 37.5 Å². The lowest BCUT2D eigenvalue weighted by Gasteiger charge is -2.49. The van der Waals surface area contributed by atoms with Crippen LogP contribution in [0.5, 0.6) is 23.4 Å². The standard InChI is InChI=1S/C21H25N3O4.C21H24N2O4/c1-13-20(15-9-11-24(13)12-10-15)23-21(26)16-3-5-17(6-4-16)27-19-8-7-18(28-19)22-14(2)25;1-13-20(15-9-11-23(13)12-10-15)22-21(25)16-3-5-17(6-4-16)26-19-8-7-18(27-19)14(2)24/h3-8,13,15,20H,9-12H2,1-2H3,(H,22,25)(H,23,26);3-8,13,15,20H,9-12H2,1-2H3,(H,22,25)/t2*13-,20-/m00/s1. The van der Waals surface area contributed by atoms with Crippen LogP contribution in [-0.4, -0.2) is 83.7 Å².